The fraction of sp³-hybridized carbons (Fsp3) is 0.900. The zero-order chi connectivity index (χ0) is 10.7. The fourth-order valence-electron chi connectivity index (χ4n) is 0.476. The number of carbonyl (C=O) groups is 1. The average Bonchev–Trinajstić information content (AvgIpc) is 1.82. The Morgan fingerprint density at radius 3 is 1.85 bits per heavy atom. The Labute approximate surface area is 89.8 Å². The van der Waals surface area contributed by atoms with Gasteiger partial charge in [0.25, 0.3) is 0 Å². The van der Waals surface area contributed by atoms with Gasteiger partial charge in [-0.2, -0.15) is 0 Å². The highest BCUT2D eigenvalue weighted by Gasteiger charge is 2.21. The number of hydrogen-bond acceptors (Lipinski definition) is 3. The van der Waals surface area contributed by atoms with Crippen LogP contribution in [0, 0.1) is 5.41 Å². The summed E-state index contributed by atoms with van der Waals surface area (Å²) in [6, 6.07) is 0. The van der Waals surface area contributed by atoms with Gasteiger partial charge in [0.2, 0.25) is 0 Å². The molecule has 0 rings (SSSR count). The summed E-state index contributed by atoms with van der Waals surface area (Å²) in [7, 11) is 3.44. The van der Waals surface area contributed by atoms with Crippen molar-refractivity contribution in [2.45, 2.75) is 46.3 Å². The number of ketones is 1. The van der Waals surface area contributed by atoms with E-state index in [9.17, 15) is 4.79 Å². The standard InChI is InChI=1S/C10H20OS2/c1-9(2,3)8(11)7-12-13-10(4,5)6/h7H2,1-6H3. The van der Waals surface area contributed by atoms with Gasteiger partial charge in [0.15, 0.2) is 0 Å². The predicted octanol–water partition coefficient (Wildman–Crippen LogP) is 3.78. The van der Waals surface area contributed by atoms with Crippen LogP contribution in [0.5, 0.6) is 0 Å². The summed E-state index contributed by atoms with van der Waals surface area (Å²) >= 11 is 0. The molecule has 0 radical (unpaired) electrons. The molecular formula is C10H20OS2. The van der Waals surface area contributed by atoms with Crippen LogP contribution in [0.25, 0.3) is 0 Å². The third-order valence-electron chi connectivity index (χ3n) is 1.34. The lowest BCUT2D eigenvalue weighted by Crippen LogP contribution is -2.22. The molecule has 0 atom stereocenters. The van der Waals surface area contributed by atoms with Crippen molar-refractivity contribution < 1.29 is 4.79 Å². The molecule has 1 nitrogen and oxygen atoms in total. The lowest BCUT2D eigenvalue weighted by molar-refractivity contribution is -0.123. The second-order valence-corrected chi connectivity index (χ2v) is 8.25. The van der Waals surface area contributed by atoms with Crippen molar-refractivity contribution in [2.24, 2.45) is 5.41 Å². The van der Waals surface area contributed by atoms with Crippen LogP contribution >= 0.6 is 21.6 Å². The first-order valence-electron chi connectivity index (χ1n) is 4.47. The van der Waals surface area contributed by atoms with E-state index in [1.807, 2.05) is 20.8 Å². The number of hydrogen-bond donors (Lipinski definition) is 0. The van der Waals surface area contributed by atoms with Crippen LogP contribution in [0.15, 0.2) is 0 Å². The first-order valence-corrected chi connectivity index (χ1v) is 6.79. The molecule has 0 fully saturated rings. The molecule has 0 unspecified atom stereocenters. The third-order valence-corrected chi connectivity index (χ3v) is 4.54. The van der Waals surface area contributed by atoms with Crippen LogP contribution in [0.2, 0.25) is 0 Å². The molecule has 0 amide bonds. The Bertz CT molecular complexity index is 174. The predicted molar refractivity (Wildman–Crippen MR) is 64.3 cm³/mol. The molecule has 0 N–H and O–H groups in total. The Hall–Kier alpha value is 0.370. The minimum absolute atomic E-state index is 0.189. The Morgan fingerprint density at radius 2 is 1.54 bits per heavy atom. The second-order valence-electron chi connectivity index (χ2n) is 5.13. The molecule has 13 heavy (non-hydrogen) atoms. The van der Waals surface area contributed by atoms with Gasteiger partial charge in [-0.1, -0.05) is 63.1 Å². The summed E-state index contributed by atoms with van der Waals surface area (Å²) in [5.74, 6) is 0.945. The maximum atomic E-state index is 11.5. The fourth-order valence-corrected chi connectivity index (χ4v) is 2.99. The van der Waals surface area contributed by atoms with Crippen molar-refractivity contribution in [1.82, 2.24) is 0 Å². The zero-order valence-corrected chi connectivity index (χ0v) is 11.1. The van der Waals surface area contributed by atoms with Gasteiger partial charge in [0.05, 0.1) is 5.75 Å². The van der Waals surface area contributed by atoms with Gasteiger partial charge in [-0.3, -0.25) is 4.79 Å². The molecule has 0 aromatic carbocycles. The van der Waals surface area contributed by atoms with E-state index in [1.165, 1.54) is 0 Å². The summed E-state index contributed by atoms with van der Waals surface area (Å²) in [5, 5.41) is 0. The molecule has 0 saturated heterocycles. The average molecular weight is 220 g/mol. The third kappa shape index (κ3) is 7.44. The lowest BCUT2D eigenvalue weighted by Gasteiger charge is -2.19. The van der Waals surface area contributed by atoms with E-state index in [0.717, 1.165) is 0 Å². The van der Waals surface area contributed by atoms with E-state index in [1.54, 1.807) is 21.6 Å². The van der Waals surface area contributed by atoms with E-state index in [-0.39, 0.29) is 10.2 Å². The largest absolute Gasteiger partial charge is 0.298 e. The highest BCUT2D eigenvalue weighted by molar-refractivity contribution is 8.77. The highest BCUT2D eigenvalue weighted by Crippen LogP contribution is 2.35. The van der Waals surface area contributed by atoms with Crippen LogP contribution < -0.4 is 0 Å². The van der Waals surface area contributed by atoms with E-state index < -0.39 is 0 Å². The minimum atomic E-state index is -0.189. The molecule has 0 aliphatic heterocycles. The molecule has 0 saturated carbocycles. The number of rotatable bonds is 3. The second kappa shape index (κ2) is 4.74. The summed E-state index contributed by atoms with van der Waals surface area (Å²) in [4.78, 5) is 11.5. The summed E-state index contributed by atoms with van der Waals surface area (Å²) in [6.45, 7) is 12.4. The van der Waals surface area contributed by atoms with Crippen LogP contribution in [0.4, 0.5) is 0 Å². The van der Waals surface area contributed by atoms with Gasteiger partial charge in [-0.25, -0.2) is 0 Å². The molecule has 0 aromatic heterocycles. The van der Waals surface area contributed by atoms with Crippen molar-refractivity contribution in [3.05, 3.63) is 0 Å². The van der Waals surface area contributed by atoms with Crippen molar-refractivity contribution in [1.29, 1.82) is 0 Å². The molecular weight excluding hydrogens is 200 g/mol. The molecule has 0 aliphatic rings. The minimum Gasteiger partial charge on any atom is -0.298 e. The van der Waals surface area contributed by atoms with E-state index in [0.29, 0.717) is 11.5 Å². The van der Waals surface area contributed by atoms with Gasteiger partial charge in [-0.15, -0.1) is 0 Å². The first-order chi connectivity index (χ1) is 5.63. The Morgan fingerprint density at radius 1 is 1.08 bits per heavy atom. The van der Waals surface area contributed by atoms with Gasteiger partial charge < -0.3 is 0 Å². The van der Waals surface area contributed by atoms with Gasteiger partial charge >= 0.3 is 0 Å². The van der Waals surface area contributed by atoms with E-state index >= 15 is 0 Å². The van der Waals surface area contributed by atoms with Gasteiger partial charge in [0.1, 0.15) is 5.78 Å². The maximum Gasteiger partial charge on any atom is 0.148 e. The van der Waals surface area contributed by atoms with Crippen LogP contribution in [0.1, 0.15) is 41.5 Å². The number of carbonyl (C=O) groups excluding carboxylic acids is 1. The van der Waals surface area contributed by atoms with Gasteiger partial charge in [0, 0.05) is 10.2 Å². The normalized spacial score (nSPS) is 13.1. The van der Waals surface area contributed by atoms with Gasteiger partial charge in [-0.05, 0) is 0 Å². The van der Waals surface area contributed by atoms with E-state index in [2.05, 4.69) is 20.8 Å². The van der Waals surface area contributed by atoms with Crippen molar-refractivity contribution in [3.63, 3.8) is 0 Å². The highest BCUT2D eigenvalue weighted by atomic mass is 33.1. The lowest BCUT2D eigenvalue weighted by atomic mass is 9.92. The maximum absolute atomic E-state index is 11.5. The SMILES string of the molecule is CC(C)(C)SSCC(=O)C(C)(C)C. The molecule has 3 heteroatoms. The monoisotopic (exact) mass is 220 g/mol. The van der Waals surface area contributed by atoms with Crippen molar-refractivity contribution in [2.75, 3.05) is 5.75 Å². The molecule has 0 aromatic rings. The Kier molecular flexibility index (Phi) is 4.87. The van der Waals surface area contributed by atoms with E-state index in [4.69, 9.17) is 0 Å². The molecule has 0 aliphatic carbocycles. The first kappa shape index (κ1) is 13.4. The van der Waals surface area contributed by atoms with Crippen molar-refractivity contribution >= 4 is 27.4 Å². The Balaban J connectivity index is 3.74. The molecule has 0 spiro atoms. The smallest absolute Gasteiger partial charge is 0.148 e. The molecule has 78 valence electrons. The topological polar surface area (TPSA) is 17.1 Å². The van der Waals surface area contributed by atoms with Crippen LogP contribution in [-0.4, -0.2) is 16.3 Å². The molecule has 0 bridgehead atoms. The van der Waals surface area contributed by atoms with Crippen molar-refractivity contribution in [3.8, 4) is 0 Å². The van der Waals surface area contributed by atoms with Crippen LogP contribution in [0.3, 0.4) is 0 Å². The summed E-state index contributed by atoms with van der Waals surface area (Å²) in [5.41, 5.74) is -0.189. The van der Waals surface area contributed by atoms with Crippen LogP contribution in [-0.2, 0) is 4.79 Å². The summed E-state index contributed by atoms with van der Waals surface area (Å²) < 4.78 is 0.239. The molecule has 0 heterocycles. The summed E-state index contributed by atoms with van der Waals surface area (Å²) in [6.07, 6.45) is 0. The zero-order valence-electron chi connectivity index (χ0n) is 9.43. The quantitative estimate of drug-likeness (QED) is 0.674. The number of Topliss-reactive ketones (excluding diaryl/α,β-unsaturated/α-hetero) is 1.